The summed E-state index contributed by atoms with van der Waals surface area (Å²) in [6, 6.07) is 15.2. The molecule has 0 saturated carbocycles. The zero-order valence-electron chi connectivity index (χ0n) is 17.8. The lowest BCUT2D eigenvalue weighted by atomic mass is 10.2. The summed E-state index contributed by atoms with van der Waals surface area (Å²) < 4.78 is 7.63. The van der Waals surface area contributed by atoms with Gasteiger partial charge >= 0.3 is 0 Å². The zero-order chi connectivity index (χ0) is 22.8. The largest absolute Gasteiger partial charge is 0.376 e. The van der Waals surface area contributed by atoms with Crippen LogP contribution in [0.1, 0.15) is 24.0 Å². The van der Waals surface area contributed by atoms with Crippen molar-refractivity contribution < 1.29 is 9.53 Å². The molecule has 3 aromatic rings. The first kappa shape index (κ1) is 21.8. The van der Waals surface area contributed by atoms with Gasteiger partial charge in [0.25, 0.3) is 11.5 Å². The maximum absolute atomic E-state index is 13.3. The van der Waals surface area contributed by atoms with Crippen LogP contribution in [0.3, 0.4) is 0 Å². The second kappa shape index (κ2) is 9.46. The van der Waals surface area contributed by atoms with E-state index < -0.39 is 0 Å². The number of carbonyl (C=O) groups excluding carboxylic acids is 1. The van der Waals surface area contributed by atoms with Gasteiger partial charge in [-0.1, -0.05) is 60.4 Å². The predicted octanol–water partition coefficient (Wildman–Crippen LogP) is 3.69. The van der Waals surface area contributed by atoms with E-state index in [0.717, 1.165) is 18.4 Å². The third-order valence-electron chi connectivity index (χ3n) is 5.63. The number of benzene rings is 1. The van der Waals surface area contributed by atoms with Gasteiger partial charge in [0.15, 0.2) is 0 Å². The van der Waals surface area contributed by atoms with E-state index in [1.807, 2.05) is 36.4 Å². The van der Waals surface area contributed by atoms with Crippen molar-refractivity contribution in [2.45, 2.75) is 25.5 Å². The van der Waals surface area contributed by atoms with E-state index in [1.54, 1.807) is 29.3 Å². The average Bonchev–Trinajstić information content (AvgIpc) is 3.44. The second-order valence-electron chi connectivity index (χ2n) is 7.87. The molecule has 33 heavy (non-hydrogen) atoms. The third kappa shape index (κ3) is 4.57. The second-order valence-corrected chi connectivity index (χ2v) is 9.55. The van der Waals surface area contributed by atoms with Crippen LogP contribution in [0.25, 0.3) is 11.7 Å². The number of ether oxygens (including phenoxy) is 1. The Morgan fingerprint density at radius 2 is 2.00 bits per heavy atom. The minimum absolute atomic E-state index is 0.00270. The monoisotopic (exact) mass is 478 g/mol. The van der Waals surface area contributed by atoms with Gasteiger partial charge in [-0.3, -0.25) is 18.9 Å². The summed E-state index contributed by atoms with van der Waals surface area (Å²) >= 11 is 6.67. The molecule has 0 unspecified atom stereocenters. The fourth-order valence-corrected chi connectivity index (χ4v) is 5.19. The van der Waals surface area contributed by atoms with Crippen LogP contribution in [-0.4, -0.2) is 43.8 Å². The van der Waals surface area contributed by atoms with E-state index in [1.165, 1.54) is 16.2 Å². The van der Waals surface area contributed by atoms with Crippen LogP contribution < -0.4 is 10.9 Å². The van der Waals surface area contributed by atoms with E-state index in [2.05, 4.69) is 10.3 Å². The van der Waals surface area contributed by atoms with Crippen molar-refractivity contribution in [3.63, 3.8) is 0 Å². The Kier molecular flexibility index (Phi) is 6.26. The van der Waals surface area contributed by atoms with Crippen molar-refractivity contribution in [3.8, 4) is 0 Å². The number of nitrogens with zero attached hydrogens (tertiary/aromatic N) is 3. The maximum Gasteiger partial charge on any atom is 0.267 e. The van der Waals surface area contributed by atoms with Gasteiger partial charge in [-0.05, 0) is 36.6 Å². The highest BCUT2D eigenvalue weighted by atomic mass is 32.2. The molecule has 2 saturated heterocycles. The van der Waals surface area contributed by atoms with Crippen LogP contribution >= 0.6 is 24.0 Å². The molecule has 1 atom stereocenters. The van der Waals surface area contributed by atoms with Crippen LogP contribution in [0.4, 0.5) is 5.82 Å². The van der Waals surface area contributed by atoms with E-state index >= 15 is 0 Å². The molecule has 2 aliphatic rings. The van der Waals surface area contributed by atoms with Crippen molar-refractivity contribution in [2.75, 3.05) is 18.5 Å². The highest BCUT2D eigenvalue weighted by Gasteiger charge is 2.35. The van der Waals surface area contributed by atoms with Gasteiger partial charge in [0, 0.05) is 19.3 Å². The van der Waals surface area contributed by atoms with E-state index in [4.69, 9.17) is 17.0 Å². The average molecular weight is 479 g/mol. The molecule has 1 aromatic carbocycles. The molecule has 168 valence electrons. The number of pyridine rings is 1. The van der Waals surface area contributed by atoms with E-state index in [-0.39, 0.29) is 17.6 Å². The number of carbonyl (C=O) groups is 1. The fourth-order valence-electron chi connectivity index (χ4n) is 3.93. The normalized spacial score (nSPS) is 19.7. The van der Waals surface area contributed by atoms with Crippen molar-refractivity contribution >= 4 is 51.7 Å². The summed E-state index contributed by atoms with van der Waals surface area (Å²) in [6.07, 6.45) is 5.19. The standard InChI is InChI=1S/C24H22N4O3S2/c29-22-18(13-19-23(30)28(24(32)33-19)15-17-9-6-12-31-17)21(25-14-16-7-2-1-3-8-16)26-20-10-4-5-11-27(20)22/h1-5,7-8,10-11,13,17,25H,6,9,12,14-15H2/b19-13-/t17-/m1/s1. The number of nitrogens with one attached hydrogen (secondary N) is 1. The lowest BCUT2D eigenvalue weighted by Crippen LogP contribution is -2.35. The Balaban J connectivity index is 1.50. The van der Waals surface area contributed by atoms with Crippen LogP contribution in [0.5, 0.6) is 0 Å². The number of amides is 1. The number of hydrogen-bond acceptors (Lipinski definition) is 7. The summed E-state index contributed by atoms with van der Waals surface area (Å²) in [5.41, 5.74) is 1.66. The fraction of sp³-hybridized carbons (Fsp3) is 0.250. The Bertz CT molecular complexity index is 1300. The Morgan fingerprint density at radius 1 is 1.18 bits per heavy atom. The lowest BCUT2D eigenvalue weighted by molar-refractivity contribution is -0.123. The summed E-state index contributed by atoms with van der Waals surface area (Å²) in [5.74, 6) is 0.228. The number of hydrogen-bond donors (Lipinski definition) is 1. The first-order valence-corrected chi connectivity index (χ1v) is 12.0. The number of thiocarbonyl (C=S) groups is 1. The van der Waals surface area contributed by atoms with E-state index in [9.17, 15) is 9.59 Å². The molecule has 4 heterocycles. The Labute approximate surface area is 200 Å². The van der Waals surface area contributed by atoms with Gasteiger partial charge in [0.2, 0.25) is 0 Å². The van der Waals surface area contributed by atoms with Crippen LogP contribution in [-0.2, 0) is 16.1 Å². The lowest BCUT2D eigenvalue weighted by Gasteiger charge is -2.18. The molecule has 1 N–H and O–H groups in total. The summed E-state index contributed by atoms with van der Waals surface area (Å²) in [5, 5.41) is 3.28. The molecule has 7 nitrogen and oxygen atoms in total. The van der Waals surface area contributed by atoms with Crippen molar-refractivity contribution in [1.29, 1.82) is 0 Å². The molecule has 0 aliphatic carbocycles. The number of anilines is 1. The van der Waals surface area contributed by atoms with Crippen molar-refractivity contribution in [2.24, 2.45) is 0 Å². The van der Waals surface area contributed by atoms with Crippen molar-refractivity contribution in [1.82, 2.24) is 14.3 Å². The van der Waals surface area contributed by atoms with Gasteiger partial charge in [-0.25, -0.2) is 4.98 Å². The molecule has 0 spiro atoms. The Morgan fingerprint density at radius 3 is 2.79 bits per heavy atom. The van der Waals surface area contributed by atoms with Gasteiger partial charge in [-0.15, -0.1) is 0 Å². The molecular weight excluding hydrogens is 456 g/mol. The first-order valence-electron chi connectivity index (χ1n) is 10.8. The predicted molar refractivity (Wildman–Crippen MR) is 134 cm³/mol. The minimum Gasteiger partial charge on any atom is -0.376 e. The maximum atomic E-state index is 13.3. The smallest absolute Gasteiger partial charge is 0.267 e. The Hall–Kier alpha value is -3.01. The number of rotatable bonds is 6. The van der Waals surface area contributed by atoms with Gasteiger partial charge in [-0.2, -0.15) is 0 Å². The van der Waals surface area contributed by atoms with Crippen LogP contribution in [0.2, 0.25) is 0 Å². The molecule has 1 amide bonds. The zero-order valence-corrected chi connectivity index (χ0v) is 19.4. The summed E-state index contributed by atoms with van der Waals surface area (Å²) in [4.78, 5) is 33.1. The number of fused-ring (bicyclic) bond motifs is 1. The minimum atomic E-state index is -0.249. The highest BCUT2D eigenvalue weighted by molar-refractivity contribution is 8.26. The summed E-state index contributed by atoms with van der Waals surface area (Å²) in [6.45, 7) is 1.65. The third-order valence-corrected chi connectivity index (χ3v) is 7.01. The quantitative estimate of drug-likeness (QED) is 0.428. The van der Waals surface area contributed by atoms with Gasteiger partial charge in [0.1, 0.15) is 15.8 Å². The van der Waals surface area contributed by atoms with Crippen molar-refractivity contribution in [3.05, 3.63) is 81.1 Å². The number of thioether (sulfide) groups is 1. The topological polar surface area (TPSA) is 75.9 Å². The van der Waals surface area contributed by atoms with Crippen LogP contribution in [0, 0.1) is 0 Å². The first-order chi connectivity index (χ1) is 16.1. The summed E-state index contributed by atoms with van der Waals surface area (Å²) in [7, 11) is 0. The molecule has 2 aromatic heterocycles. The van der Waals surface area contributed by atoms with Crippen LogP contribution in [0.15, 0.2) is 64.4 Å². The number of aromatic nitrogens is 2. The molecule has 0 radical (unpaired) electrons. The highest BCUT2D eigenvalue weighted by Crippen LogP contribution is 2.34. The molecule has 2 fully saturated rings. The molecular formula is C24H22N4O3S2. The molecule has 5 rings (SSSR count). The SMILES string of the molecule is O=C1/C(=C/c2c(NCc3ccccc3)nc3ccccn3c2=O)SC(=S)N1C[C@H]1CCCO1. The van der Waals surface area contributed by atoms with Gasteiger partial charge in [0.05, 0.1) is 23.1 Å². The molecule has 9 heteroatoms. The molecule has 0 bridgehead atoms. The van der Waals surface area contributed by atoms with E-state index in [0.29, 0.717) is 46.0 Å². The van der Waals surface area contributed by atoms with Gasteiger partial charge < -0.3 is 10.1 Å². The molecule has 2 aliphatic heterocycles.